The van der Waals surface area contributed by atoms with Crippen LogP contribution in [0.5, 0.6) is 0 Å². The summed E-state index contributed by atoms with van der Waals surface area (Å²) in [6.45, 7) is 2.41. The summed E-state index contributed by atoms with van der Waals surface area (Å²) in [5.74, 6) is -1.89. The fourth-order valence-corrected chi connectivity index (χ4v) is 2.59. The third-order valence-corrected chi connectivity index (χ3v) is 4.11. The maximum atomic E-state index is 12.4. The predicted molar refractivity (Wildman–Crippen MR) is 100 cm³/mol. The summed E-state index contributed by atoms with van der Waals surface area (Å²) in [7, 11) is 0. The molecule has 0 fully saturated rings. The Balaban J connectivity index is 1.92. The molecule has 0 aliphatic rings. The first-order valence-electron chi connectivity index (χ1n) is 9.12. The van der Waals surface area contributed by atoms with Gasteiger partial charge in [-0.25, -0.2) is 0 Å². The van der Waals surface area contributed by atoms with Crippen LogP contribution in [0, 0.1) is 5.92 Å². The van der Waals surface area contributed by atoms with Crippen LogP contribution < -0.4 is 0 Å². The molecule has 2 rings (SSSR count). The number of hydrogen-bond donors (Lipinski definition) is 0. The highest BCUT2D eigenvalue weighted by Crippen LogP contribution is 2.16. The van der Waals surface area contributed by atoms with Crippen LogP contribution >= 0.6 is 0 Å². The van der Waals surface area contributed by atoms with Gasteiger partial charge in [-0.2, -0.15) is 0 Å². The van der Waals surface area contributed by atoms with Crippen molar-refractivity contribution in [2.45, 2.75) is 45.8 Å². The number of unbranched alkanes of at least 4 members (excludes halogenated alkanes) is 2. The maximum Gasteiger partial charge on any atom is 0.320 e. The van der Waals surface area contributed by atoms with Crippen molar-refractivity contribution in [3.63, 3.8) is 0 Å². The van der Waals surface area contributed by atoms with E-state index in [1.54, 1.807) is 0 Å². The zero-order valence-corrected chi connectivity index (χ0v) is 15.2. The van der Waals surface area contributed by atoms with Crippen LogP contribution in [0.15, 0.2) is 60.7 Å². The van der Waals surface area contributed by atoms with Crippen LogP contribution in [0.3, 0.4) is 0 Å². The topological polar surface area (TPSA) is 52.6 Å². The molecule has 0 aliphatic carbocycles. The molecule has 0 atom stereocenters. The first-order valence-corrected chi connectivity index (χ1v) is 9.12. The smallest absolute Gasteiger partial charge is 0.320 e. The summed E-state index contributed by atoms with van der Waals surface area (Å²) in [6.07, 6.45) is 3.23. The standard InChI is InChI=1S/C22H26O4/c1-2-3-6-15-20(21(23)25-16-18-11-7-4-8-12-18)22(24)26-17-19-13-9-5-10-14-19/h4-5,7-14,20H,2-3,6,15-17H2,1H3. The zero-order chi connectivity index (χ0) is 18.6. The molecule has 0 radical (unpaired) electrons. The predicted octanol–water partition coefficient (Wildman–Crippen LogP) is 4.67. The highest BCUT2D eigenvalue weighted by molar-refractivity contribution is 5.94. The van der Waals surface area contributed by atoms with E-state index in [4.69, 9.17) is 9.47 Å². The third-order valence-electron chi connectivity index (χ3n) is 4.11. The molecule has 0 N–H and O–H groups in total. The minimum Gasteiger partial charge on any atom is -0.460 e. The Labute approximate surface area is 155 Å². The Morgan fingerprint density at radius 1 is 0.769 bits per heavy atom. The first kappa shape index (κ1) is 19.7. The summed E-state index contributed by atoms with van der Waals surface area (Å²) < 4.78 is 10.7. The lowest BCUT2D eigenvalue weighted by atomic mass is 10.0. The zero-order valence-electron chi connectivity index (χ0n) is 15.2. The van der Waals surface area contributed by atoms with E-state index in [2.05, 4.69) is 6.92 Å². The van der Waals surface area contributed by atoms with Crippen LogP contribution in [0.25, 0.3) is 0 Å². The molecule has 0 spiro atoms. The van der Waals surface area contributed by atoms with E-state index in [0.717, 1.165) is 30.4 Å². The normalized spacial score (nSPS) is 10.5. The number of rotatable bonds is 10. The van der Waals surface area contributed by atoms with Crippen molar-refractivity contribution in [2.24, 2.45) is 5.92 Å². The molecule has 138 valence electrons. The summed E-state index contributed by atoms with van der Waals surface area (Å²) in [5.41, 5.74) is 1.79. The van der Waals surface area contributed by atoms with Gasteiger partial charge in [0.2, 0.25) is 0 Å². The number of hydrogen-bond acceptors (Lipinski definition) is 4. The van der Waals surface area contributed by atoms with Crippen LogP contribution in [-0.2, 0) is 32.3 Å². The van der Waals surface area contributed by atoms with Gasteiger partial charge in [-0.1, -0.05) is 86.8 Å². The Morgan fingerprint density at radius 2 is 1.23 bits per heavy atom. The van der Waals surface area contributed by atoms with Crippen molar-refractivity contribution in [1.29, 1.82) is 0 Å². The van der Waals surface area contributed by atoms with E-state index in [1.165, 1.54) is 0 Å². The van der Waals surface area contributed by atoms with Crippen molar-refractivity contribution in [1.82, 2.24) is 0 Å². The number of carbonyl (C=O) groups excluding carboxylic acids is 2. The second-order valence-electron chi connectivity index (χ2n) is 6.23. The summed E-state index contributed by atoms with van der Waals surface area (Å²) >= 11 is 0. The molecule has 0 saturated heterocycles. The van der Waals surface area contributed by atoms with Crippen molar-refractivity contribution < 1.29 is 19.1 Å². The second-order valence-corrected chi connectivity index (χ2v) is 6.23. The number of carbonyl (C=O) groups is 2. The number of esters is 2. The van der Waals surface area contributed by atoms with Gasteiger partial charge in [0, 0.05) is 0 Å². The van der Waals surface area contributed by atoms with Gasteiger partial charge >= 0.3 is 11.9 Å². The van der Waals surface area contributed by atoms with Crippen LogP contribution in [-0.4, -0.2) is 11.9 Å². The monoisotopic (exact) mass is 354 g/mol. The molecular weight excluding hydrogens is 328 g/mol. The van der Waals surface area contributed by atoms with Crippen LogP contribution in [0.1, 0.15) is 43.7 Å². The Morgan fingerprint density at radius 3 is 1.65 bits per heavy atom. The van der Waals surface area contributed by atoms with Crippen molar-refractivity contribution >= 4 is 11.9 Å². The lowest BCUT2D eigenvalue weighted by molar-refractivity contribution is -0.164. The molecule has 0 saturated carbocycles. The van der Waals surface area contributed by atoms with E-state index in [1.807, 2.05) is 60.7 Å². The fourth-order valence-electron chi connectivity index (χ4n) is 2.59. The van der Waals surface area contributed by atoms with Gasteiger partial charge in [0.25, 0.3) is 0 Å². The molecule has 26 heavy (non-hydrogen) atoms. The van der Waals surface area contributed by atoms with Crippen LogP contribution in [0.4, 0.5) is 0 Å². The quantitative estimate of drug-likeness (QED) is 0.353. The first-order chi connectivity index (χ1) is 12.7. The summed E-state index contributed by atoms with van der Waals surface area (Å²) in [6, 6.07) is 18.9. The lowest BCUT2D eigenvalue weighted by Crippen LogP contribution is -2.28. The summed E-state index contributed by atoms with van der Waals surface area (Å²) in [4.78, 5) is 24.9. The molecule has 0 unspecified atom stereocenters. The van der Waals surface area contributed by atoms with Gasteiger partial charge in [0.1, 0.15) is 13.2 Å². The molecule has 0 bridgehead atoms. The van der Waals surface area contributed by atoms with Gasteiger partial charge in [-0.05, 0) is 17.5 Å². The van der Waals surface area contributed by atoms with E-state index in [-0.39, 0.29) is 13.2 Å². The Kier molecular flexibility index (Phi) is 8.40. The van der Waals surface area contributed by atoms with Gasteiger partial charge in [0.05, 0.1) is 0 Å². The highest BCUT2D eigenvalue weighted by Gasteiger charge is 2.29. The largest absolute Gasteiger partial charge is 0.460 e. The minimum atomic E-state index is -0.867. The molecule has 0 aliphatic heterocycles. The molecular formula is C22H26O4. The number of ether oxygens (including phenoxy) is 2. The summed E-state index contributed by atoms with van der Waals surface area (Å²) in [5, 5.41) is 0. The third kappa shape index (κ3) is 6.71. The highest BCUT2D eigenvalue weighted by atomic mass is 16.6. The second kappa shape index (κ2) is 11.1. The van der Waals surface area contributed by atoms with E-state index in [9.17, 15) is 9.59 Å². The average molecular weight is 354 g/mol. The van der Waals surface area contributed by atoms with Crippen molar-refractivity contribution in [3.8, 4) is 0 Å². The van der Waals surface area contributed by atoms with E-state index < -0.39 is 17.9 Å². The molecule has 4 nitrogen and oxygen atoms in total. The Bertz CT molecular complexity index is 612. The minimum absolute atomic E-state index is 0.163. The number of benzene rings is 2. The van der Waals surface area contributed by atoms with Gasteiger partial charge < -0.3 is 9.47 Å². The van der Waals surface area contributed by atoms with Gasteiger partial charge in [0.15, 0.2) is 5.92 Å². The SMILES string of the molecule is CCCCCC(C(=O)OCc1ccccc1)C(=O)OCc1ccccc1. The maximum absolute atomic E-state index is 12.4. The van der Waals surface area contributed by atoms with Gasteiger partial charge in [-0.3, -0.25) is 9.59 Å². The van der Waals surface area contributed by atoms with Crippen molar-refractivity contribution in [2.75, 3.05) is 0 Å². The molecule has 0 heterocycles. The lowest BCUT2D eigenvalue weighted by Gasteiger charge is -2.15. The molecule has 2 aromatic carbocycles. The molecule has 0 amide bonds. The average Bonchev–Trinajstić information content (AvgIpc) is 2.69. The van der Waals surface area contributed by atoms with Crippen LogP contribution in [0.2, 0.25) is 0 Å². The fraction of sp³-hybridized carbons (Fsp3) is 0.364. The Hall–Kier alpha value is -2.62. The van der Waals surface area contributed by atoms with Crippen molar-refractivity contribution in [3.05, 3.63) is 71.8 Å². The molecule has 4 heteroatoms. The molecule has 2 aromatic rings. The van der Waals surface area contributed by atoms with E-state index >= 15 is 0 Å². The van der Waals surface area contributed by atoms with E-state index in [0.29, 0.717) is 6.42 Å². The molecule has 0 aromatic heterocycles. The van der Waals surface area contributed by atoms with Gasteiger partial charge in [-0.15, -0.1) is 0 Å².